The summed E-state index contributed by atoms with van der Waals surface area (Å²) in [5, 5.41) is 40.2. The third-order valence-electron chi connectivity index (χ3n) is 11.4. The molecule has 1 rings (SSSR count). The fourth-order valence-electron chi connectivity index (χ4n) is 7.39. The van der Waals surface area contributed by atoms with Gasteiger partial charge in [0.15, 0.2) is 12.4 Å². The van der Waals surface area contributed by atoms with Crippen LogP contribution in [0.3, 0.4) is 0 Å². The van der Waals surface area contributed by atoms with Gasteiger partial charge in [0.25, 0.3) is 0 Å². The van der Waals surface area contributed by atoms with Gasteiger partial charge >= 0.3 is 11.9 Å². The maximum Gasteiger partial charge on any atom is 0.306 e. The second-order valence-corrected chi connectivity index (χ2v) is 17.2. The highest BCUT2D eigenvalue weighted by molar-refractivity contribution is 5.70. The molecule has 1 fully saturated rings. The zero-order valence-electron chi connectivity index (χ0n) is 40.3. The molecule has 0 aromatic heterocycles. The normalized spacial score (nSPS) is 20.0. The predicted molar refractivity (Wildman–Crippen MR) is 261 cm³/mol. The zero-order chi connectivity index (χ0) is 46.6. The van der Waals surface area contributed by atoms with Gasteiger partial charge in [-0.05, 0) is 51.4 Å². The number of carbonyl (C=O) groups is 2. The minimum Gasteiger partial charge on any atom is -0.462 e. The van der Waals surface area contributed by atoms with Crippen LogP contribution < -0.4 is 0 Å². The summed E-state index contributed by atoms with van der Waals surface area (Å²) >= 11 is 0. The molecule has 10 nitrogen and oxygen atoms in total. The number of ether oxygens (including phenoxy) is 4. The van der Waals surface area contributed by atoms with Gasteiger partial charge in [-0.2, -0.15) is 0 Å². The van der Waals surface area contributed by atoms with Crippen molar-refractivity contribution in [3.05, 3.63) is 72.9 Å². The molecular formula is C54H92O10. The summed E-state index contributed by atoms with van der Waals surface area (Å²) in [5.74, 6) is -0.902. The second-order valence-electron chi connectivity index (χ2n) is 17.2. The molecule has 1 aliphatic rings. The molecule has 0 aromatic rings. The Morgan fingerprint density at radius 1 is 0.500 bits per heavy atom. The predicted octanol–water partition coefficient (Wildman–Crippen LogP) is 11.9. The lowest BCUT2D eigenvalue weighted by molar-refractivity contribution is -0.305. The molecule has 0 radical (unpaired) electrons. The molecule has 1 saturated heterocycles. The van der Waals surface area contributed by atoms with E-state index < -0.39 is 55.4 Å². The summed E-state index contributed by atoms with van der Waals surface area (Å²) < 4.78 is 22.1. The van der Waals surface area contributed by atoms with Crippen molar-refractivity contribution < 1.29 is 49.0 Å². The molecule has 0 spiro atoms. The summed E-state index contributed by atoms with van der Waals surface area (Å²) in [4.78, 5) is 25.4. The maximum atomic E-state index is 12.8. The van der Waals surface area contributed by atoms with Crippen molar-refractivity contribution in [1.82, 2.24) is 0 Å². The molecule has 368 valence electrons. The van der Waals surface area contributed by atoms with Gasteiger partial charge in [0.2, 0.25) is 0 Å². The number of unbranched alkanes of at least 4 members (excludes halogenated alkanes) is 19. The highest BCUT2D eigenvalue weighted by Crippen LogP contribution is 2.23. The average molecular weight is 901 g/mol. The summed E-state index contributed by atoms with van der Waals surface area (Å²) in [6.07, 6.45) is 49.2. The van der Waals surface area contributed by atoms with Crippen molar-refractivity contribution in [3.63, 3.8) is 0 Å². The van der Waals surface area contributed by atoms with Crippen LogP contribution in [0.2, 0.25) is 0 Å². The van der Waals surface area contributed by atoms with Crippen molar-refractivity contribution in [2.45, 2.75) is 237 Å². The van der Waals surface area contributed by atoms with Gasteiger partial charge in [-0.25, -0.2) is 0 Å². The first-order chi connectivity index (χ1) is 31.3. The first kappa shape index (κ1) is 59.2. The van der Waals surface area contributed by atoms with Gasteiger partial charge in [0.1, 0.15) is 31.0 Å². The lowest BCUT2D eigenvalue weighted by atomic mass is 9.99. The Morgan fingerprint density at radius 2 is 0.922 bits per heavy atom. The maximum absolute atomic E-state index is 12.8. The van der Waals surface area contributed by atoms with Crippen LogP contribution in [-0.4, -0.2) is 89.0 Å². The Kier molecular flexibility index (Phi) is 40.7. The third-order valence-corrected chi connectivity index (χ3v) is 11.4. The Hall–Kier alpha value is -2.86. The van der Waals surface area contributed by atoms with Crippen molar-refractivity contribution in [2.24, 2.45) is 0 Å². The van der Waals surface area contributed by atoms with Crippen molar-refractivity contribution >= 4 is 11.9 Å². The van der Waals surface area contributed by atoms with Crippen LogP contribution in [0.4, 0.5) is 0 Å². The topological polar surface area (TPSA) is 152 Å². The third kappa shape index (κ3) is 34.5. The second kappa shape index (κ2) is 44.0. The summed E-state index contributed by atoms with van der Waals surface area (Å²) in [7, 11) is 0. The molecule has 2 unspecified atom stereocenters. The molecule has 1 aliphatic heterocycles. The van der Waals surface area contributed by atoms with E-state index in [0.717, 1.165) is 57.8 Å². The van der Waals surface area contributed by atoms with E-state index in [9.17, 15) is 30.0 Å². The first-order valence-electron chi connectivity index (χ1n) is 25.5. The number of aliphatic hydroxyl groups is 4. The molecule has 0 aliphatic carbocycles. The van der Waals surface area contributed by atoms with Crippen LogP contribution in [0, 0.1) is 0 Å². The molecule has 1 heterocycles. The van der Waals surface area contributed by atoms with E-state index in [0.29, 0.717) is 6.42 Å². The van der Waals surface area contributed by atoms with Crippen LogP contribution in [0.25, 0.3) is 0 Å². The van der Waals surface area contributed by atoms with E-state index in [4.69, 9.17) is 18.9 Å². The smallest absolute Gasteiger partial charge is 0.306 e. The highest BCUT2D eigenvalue weighted by atomic mass is 16.7. The zero-order valence-corrected chi connectivity index (χ0v) is 40.3. The highest BCUT2D eigenvalue weighted by Gasteiger charge is 2.44. The molecule has 64 heavy (non-hydrogen) atoms. The molecule has 0 saturated carbocycles. The van der Waals surface area contributed by atoms with Crippen molar-refractivity contribution in [3.8, 4) is 0 Å². The van der Waals surface area contributed by atoms with Gasteiger partial charge < -0.3 is 39.4 Å². The molecule has 6 atom stereocenters. The van der Waals surface area contributed by atoms with E-state index in [1.807, 2.05) is 12.2 Å². The van der Waals surface area contributed by atoms with Crippen LogP contribution in [-0.2, 0) is 28.5 Å². The Labute approximate surface area is 389 Å². The molecule has 10 heteroatoms. The summed E-state index contributed by atoms with van der Waals surface area (Å²) in [5.41, 5.74) is 0. The van der Waals surface area contributed by atoms with E-state index in [1.165, 1.54) is 109 Å². The molecule has 0 bridgehead atoms. The Morgan fingerprint density at radius 3 is 1.36 bits per heavy atom. The van der Waals surface area contributed by atoms with Crippen LogP contribution >= 0.6 is 0 Å². The largest absolute Gasteiger partial charge is 0.462 e. The number of aliphatic hydroxyl groups excluding tert-OH is 4. The molecule has 0 amide bonds. The minimum atomic E-state index is -1.61. The minimum absolute atomic E-state index is 0.103. The lowest BCUT2D eigenvalue weighted by Gasteiger charge is -2.39. The number of rotatable bonds is 42. The van der Waals surface area contributed by atoms with Gasteiger partial charge in [-0.3, -0.25) is 9.59 Å². The SMILES string of the molecule is CC/C=C/C/C=C/C/C=C/C/C=C/C/C=C/C/C=C/CCC(=O)O[C@@H](COC(=O)CCCCCCCCCCCCCCCCCCCCCC)CO[C@H]1O[C@@H](CO)[C@@H](O)C(O)C1O. The fourth-order valence-corrected chi connectivity index (χ4v) is 7.39. The van der Waals surface area contributed by atoms with E-state index in [2.05, 4.69) is 74.6 Å². The van der Waals surface area contributed by atoms with Gasteiger partial charge in [0.05, 0.1) is 13.2 Å². The van der Waals surface area contributed by atoms with Gasteiger partial charge in [0, 0.05) is 12.8 Å². The fraction of sp³-hybridized carbons (Fsp3) is 0.741. The van der Waals surface area contributed by atoms with Crippen molar-refractivity contribution in [2.75, 3.05) is 19.8 Å². The van der Waals surface area contributed by atoms with Gasteiger partial charge in [-0.1, -0.05) is 209 Å². The monoisotopic (exact) mass is 901 g/mol. The number of esters is 2. The Balaban J connectivity index is 2.31. The standard InChI is InChI=1S/C54H92O10/c1-3-5-7-9-11-13-15-17-19-21-23-25-26-28-30-32-34-36-38-40-42-49(56)61-45-47(46-62-54-53(60)52(59)51(58)48(44-55)64-54)63-50(57)43-41-39-37-35-33-31-29-27-24-22-20-18-16-14-12-10-8-6-4-2/h6,8,12,14,18,20,24,27,31,33,37,39,47-48,51-55,58-60H,3-5,7,9-11,13,15-17,19,21-23,25-26,28-30,32,34-36,38,40-46H2,1-2H3/b8-6+,14-12+,20-18+,27-24+,33-31+,39-37+/t47-,48-,51+,52?,53?,54-/m0/s1. The first-order valence-corrected chi connectivity index (χ1v) is 25.5. The van der Waals surface area contributed by atoms with Crippen LogP contribution in [0.15, 0.2) is 72.9 Å². The molecule has 4 N–H and O–H groups in total. The molecule has 0 aromatic carbocycles. The summed E-state index contributed by atoms with van der Waals surface area (Å²) in [6.45, 7) is 3.25. The van der Waals surface area contributed by atoms with E-state index in [1.54, 1.807) is 0 Å². The number of hydrogen-bond acceptors (Lipinski definition) is 10. The van der Waals surface area contributed by atoms with Crippen LogP contribution in [0.5, 0.6) is 0 Å². The number of allylic oxidation sites excluding steroid dienone is 12. The average Bonchev–Trinajstić information content (AvgIpc) is 3.29. The quantitative estimate of drug-likeness (QED) is 0.0265. The number of carbonyl (C=O) groups excluding carboxylic acids is 2. The van der Waals surface area contributed by atoms with Crippen LogP contribution in [0.1, 0.15) is 200 Å². The molecular weight excluding hydrogens is 809 g/mol. The van der Waals surface area contributed by atoms with Gasteiger partial charge in [-0.15, -0.1) is 0 Å². The van der Waals surface area contributed by atoms with E-state index in [-0.39, 0.29) is 26.1 Å². The lowest BCUT2D eigenvalue weighted by Crippen LogP contribution is -2.59. The number of hydrogen-bond donors (Lipinski definition) is 4. The van der Waals surface area contributed by atoms with E-state index >= 15 is 0 Å². The summed E-state index contributed by atoms with van der Waals surface area (Å²) in [6, 6.07) is 0. The van der Waals surface area contributed by atoms with Crippen molar-refractivity contribution in [1.29, 1.82) is 0 Å². The Bertz CT molecular complexity index is 1270.